The summed E-state index contributed by atoms with van der Waals surface area (Å²) in [5.41, 5.74) is 11.1. The van der Waals surface area contributed by atoms with Gasteiger partial charge in [0.15, 0.2) is 5.96 Å². The zero-order chi connectivity index (χ0) is 19.3. The number of primary amides is 1. The number of nitrogens with zero attached hydrogens (tertiary/aromatic N) is 4. The molecule has 9 heteroatoms. The third-order valence-electron chi connectivity index (χ3n) is 3.47. The molecule has 2 aromatic heterocycles. The maximum Gasteiger partial charge on any atom is 0.251 e. The zero-order valence-electron chi connectivity index (χ0n) is 14.5. The molecular formula is C17H20FN7O. The van der Waals surface area contributed by atoms with Crippen molar-refractivity contribution in [1.82, 2.24) is 20.1 Å². The Balaban J connectivity index is 2.21. The van der Waals surface area contributed by atoms with Gasteiger partial charge < -0.3 is 16.8 Å². The minimum atomic E-state index is -0.883. The van der Waals surface area contributed by atoms with E-state index in [1.54, 1.807) is 13.8 Å². The number of carbonyl (C=O) groups excluding carboxylic acids is 1. The van der Waals surface area contributed by atoms with Crippen LogP contribution in [0.5, 0.6) is 0 Å². The molecule has 0 aliphatic rings. The van der Waals surface area contributed by atoms with Crippen molar-refractivity contribution in [2.75, 3.05) is 0 Å². The van der Waals surface area contributed by atoms with Crippen molar-refractivity contribution in [3.63, 3.8) is 0 Å². The SMILES string of the molecule is C=C/C(=C\N=C(/N)NC(C)(C)c1ncccc1F)n1cc(C(N)=O)cn1. The predicted molar refractivity (Wildman–Crippen MR) is 97.2 cm³/mol. The van der Waals surface area contributed by atoms with Crippen LogP contribution in [0, 0.1) is 5.82 Å². The van der Waals surface area contributed by atoms with E-state index in [1.165, 1.54) is 47.7 Å². The van der Waals surface area contributed by atoms with E-state index in [1.807, 2.05) is 0 Å². The normalized spacial score (nSPS) is 12.7. The van der Waals surface area contributed by atoms with Crippen molar-refractivity contribution < 1.29 is 9.18 Å². The van der Waals surface area contributed by atoms with Gasteiger partial charge in [-0.25, -0.2) is 14.1 Å². The van der Waals surface area contributed by atoms with E-state index in [0.717, 1.165) is 0 Å². The highest BCUT2D eigenvalue weighted by atomic mass is 19.1. The Kier molecular flexibility index (Phi) is 5.51. The molecule has 8 nitrogen and oxygen atoms in total. The topological polar surface area (TPSA) is 124 Å². The summed E-state index contributed by atoms with van der Waals surface area (Å²) in [6, 6.07) is 2.83. The standard InChI is InChI=1S/C17H20FN7O/c1-4-12(25-10-11(8-23-25)15(19)26)9-22-16(20)24-17(2,3)14-13(18)6-5-7-21-14/h4-10H,1H2,2-3H3,(H2,19,26)(H3,20,22,24)/b12-9+. The Hall–Kier alpha value is -3.49. The van der Waals surface area contributed by atoms with Gasteiger partial charge in [0.1, 0.15) is 11.5 Å². The first-order chi connectivity index (χ1) is 12.2. The van der Waals surface area contributed by atoms with Crippen molar-refractivity contribution in [2.24, 2.45) is 16.5 Å². The fourth-order valence-corrected chi connectivity index (χ4v) is 2.19. The monoisotopic (exact) mass is 357 g/mol. The minimum Gasteiger partial charge on any atom is -0.370 e. The zero-order valence-corrected chi connectivity index (χ0v) is 14.5. The maximum absolute atomic E-state index is 13.9. The van der Waals surface area contributed by atoms with Gasteiger partial charge >= 0.3 is 0 Å². The van der Waals surface area contributed by atoms with Crippen molar-refractivity contribution >= 4 is 17.6 Å². The summed E-state index contributed by atoms with van der Waals surface area (Å²) in [6.45, 7) is 7.12. The van der Waals surface area contributed by atoms with Crippen molar-refractivity contribution in [1.29, 1.82) is 0 Å². The highest BCUT2D eigenvalue weighted by molar-refractivity contribution is 5.92. The van der Waals surface area contributed by atoms with E-state index in [0.29, 0.717) is 5.70 Å². The Morgan fingerprint density at radius 1 is 1.46 bits per heavy atom. The number of pyridine rings is 1. The summed E-state index contributed by atoms with van der Waals surface area (Å²) in [5.74, 6) is -0.999. The second kappa shape index (κ2) is 7.60. The van der Waals surface area contributed by atoms with Gasteiger partial charge in [0.2, 0.25) is 0 Å². The minimum absolute atomic E-state index is 0.0432. The van der Waals surface area contributed by atoms with Gasteiger partial charge in [0, 0.05) is 12.4 Å². The largest absolute Gasteiger partial charge is 0.370 e. The molecule has 2 heterocycles. The lowest BCUT2D eigenvalue weighted by Crippen LogP contribution is -2.46. The van der Waals surface area contributed by atoms with Crippen molar-refractivity contribution in [3.05, 3.63) is 66.7 Å². The Morgan fingerprint density at radius 3 is 2.77 bits per heavy atom. The van der Waals surface area contributed by atoms with Gasteiger partial charge in [-0.1, -0.05) is 6.58 Å². The molecule has 0 atom stereocenters. The second-order valence-corrected chi connectivity index (χ2v) is 5.89. The van der Waals surface area contributed by atoms with Gasteiger partial charge in [0.05, 0.1) is 29.2 Å². The molecule has 5 N–H and O–H groups in total. The number of halogens is 1. The van der Waals surface area contributed by atoms with Crippen LogP contribution in [0.2, 0.25) is 0 Å². The third kappa shape index (κ3) is 4.32. The molecule has 0 saturated heterocycles. The number of hydrogen-bond donors (Lipinski definition) is 3. The number of aromatic nitrogens is 3. The number of amides is 1. The van der Waals surface area contributed by atoms with Crippen LogP contribution in [0.3, 0.4) is 0 Å². The Morgan fingerprint density at radius 2 is 2.19 bits per heavy atom. The quantitative estimate of drug-likeness (QED) is 0.409. The number of nitrogens with one attached hydrogen (secondary N) is 1. The molecule has 26 heavy (non-hydrogen) atoms. The summed E-state index contributed by atoms with van der Waals surface area (Å²) >= 11 is 0. The van der Waals surface area contributed by atoms with Crippen LogP contribution < -0.4 is 16.8 Å². The lowest BCUT2D eigenvalue weighted by Gasteiger charge is -2.26. The number of allylic oxidation sites excluding steroid dienone is 2. The molecule has 0 saturated carbocycles. The predicted octanol–water partition coefficient (Wildman–Crippen LogP) is 1.34. The summed E-state index contributed by atoms with van der Waals surface area (Å²) in [5, 5.41) is 6.92. The van der Waals surface area contributed by atoms with Crippen LogP contribution in [-0.2, 0) is 5.54 Å². The molecule has 0 unspecified atom stereocenters. The highest BCUT2D eigenvalue weighted by Crippen LogP contribution is 2.20. The maximum atomic E-state index is 13.9. The Bertz CT molecular complexity index is 883. The van der Waals surface area contributed by atoms with Crippen LogP contribution in [-0.4, -0.2) is 26.6 Å². The number of carbonyl (C=O) groups is 1. The second-order valence-electron chi connectivity index (χ2n) is 5.89. The first kappa shape index (κ1) is 18.8. The molecule has 0 aliphatic heterocycles. The Labute approximate surface area is 150 Å². The first-order valence-electron chi connectivity index (χ1n) is 7.64. The van der Waals surface area contributed by atoms with E-state index in [4.69, 9.17) is 11.5 Å². The lowest BCUT2D eigenvalue weighted by molar-refractivity contribution is 0.100. The number of guanidine groups is 1. The average Bonchev–Trinajstić information content (AvgIpc) is 3.05. The van der Waals surface area contributed by atoms with Crippen LogP contribution in [0.1, 0.15) is 29.9 Å². The number of aliphatic imine (C=N–C) groups is 1. The van der Waals surface area contributed by atoms with Gasteiger partial charge in [-0.2, -0.15) is 5.10 Å². The van der Waals surface area contributed by atoms with Gasteiger partial charge in [-0.15, -0.1) is 0 Å². The summed E-state index contributed by atoms with van der Waals surface area (Å²) in [7, 11) is 0. The first-order valence-corrected chi connectivity index (χ1v) is 7.64. The van der Waals surface area contributed by atoms with Crippen molar-refractivity contribution in [3.8, 4) is 0 Å². The van der Waals surface area contributed by atoms with Crippen LogP contribution in [0.4, 0.5) is 4.39 Å². The molecular weight excluding hydrogens is 337 g/mol. The van der Waals surface area contributed by atoms with E-state index in [-0.39, 0.29) is 17.2 Å². The molecule has 1 amide bonds. The molecule has 2 rings (SSSR count). The fourth-order valence-electron chi connectivity index (χ4n) is 2.19. The molecule has 0 bridgehead atoms. The van der Waals surface area contributed by atoms with Gasteiger partial charge in [0.25, 0.3) is 5.91 Å². The molecule has 0 fully saturated rings. The fraction of sp³-hybridized carbons (Fsp3) is 0.176. The molecule has 0 spiro atoms. The molecule has 0 aromatic carbocycles. The van der Waals surface area contributed by atoms with Crippen LogP contribution in [0.15, 0.2) is 54.6 Å². The van der Waals surface area contributed by atoms with E-state index in [2.05, 4.69) is 27.0 Å². The van der Waals surface area contributed by atoms with Gasteiger partial charge in [-0.3, -0.25) is 9.78 Å². The third-order valence-corrected chi connectivity index (χ3v) is 3.47. The summed E-state index contributed by atoms with van der Waals surface area (Å²) in [4.78, 5) is 19.3. The molecule has 0 radical (unpaired) electrons. The van der Waals surface area contributed by atoms with Gasteiger partial charge in [-0.05, 0) is 32.1 Å². The van der Waals surface area contributed by atoms with Crippen molar-refractivity contribution in [2.45, 2.75) is 19.4 Å². The highest BCUT2D eigenvalue weighted by Gasteiger charge is 2.25. The smallest absolute Gasteiger partial charge is 0.251 e. The number of nitrogens with two attached hydrogens (primary N) is 2. The molecule has 2 aromatic rings. The number of hydrogen-bond acceptors (Lipinski definition) is 4. The van der Waals surface area contributed by atoms with Crippen LogP contribution >= 0.6 is 0 Å². The molecule has 136 valence electrons. The van der Waals surface area contributed by atoms with Crippen LogP contribution in [0.25, 0.3) is 5.70 Å². The van der Waals surface area contributed by atoms with E-state index < -0.39 is 17.3 Å². The average molecular weight is 357 g/mol. The summed E-state index contributed by atoms with van der Waals surface area (Å²) in [6.07, 6.45) is 7.16. The van der Waals surface area contributed by atoms with E-state index in [9.17, 15) is 9.18 Å². The lowest BCUT2D eigenvalue weighted by atomic mass is 9.99. The number of rotatable bonds is 6. The molecule has 0 aliphatic carbocycles. The summed E-state index contributed by atoms with van der Waals surface area (Å²) < 4.78 is 15.3. The van der Waals surface area contributed by atoms with E-state index >= 15 is 0 Å².